The van der Waals surface area contributed by atoms with E-state index < -0.39 is 0 Å². The standard InChI is InChI=1S/C20H23N5O.2ClH/c1-2-25-19-17(13-22-25)16(20(26)24-10-8-15(21)9-11-24)12-18(23-19)14-6-4-3-5-7-14;;/h3-7,12-13,15H,2,8-11,21H2,1H3;2*1H. The van der Waals surface area contributed by atoms with Gasteiger partial charge in [0.1, 0.15) is 0 Å². The normalized spacial score (nSPS) is 14.4. The van der Waals surface area contributed by atoms with E-state index in [0.717, 1.165) is 35.1 Å². The van der Waals surface area contributed by atoms with Crippen LogP contribution in [0.3, 0.4) is 0 Å². The lowest BCUT2D eigenvalue weighted by Gasteiger charge is -2.30. The highest BCUT2D eigenvalue weighted by Gasteiger charge is 2.25. The first-order chi connectivity index (χ1) is 12.7. The summed E-state index contributed by atoms with van der Waals surface area (Å²) in [6, 6.07) is 12.0. The molecule has 1 aliphatic heterocycles. The van der Waals surface area contributed by atoms with E-state index in [4.69, 9.17) is 10.7 Å². The Morgan fingerprint density at radius 1 is 1.18 bits per heavy atom. The molecule has 2 N–H and O–H groups in total. The van der Waals surface area contributed by atoms with Crippen molar-refractivity contribution in [3.8, 4) is 11.3 Å². The van der Waals surface area contributed by atoms with Gasteiger partial charge >= 0.3 is 0 Å². The highest BCUT2D eigenvalue weighted by Crippen LogP contribution is 2.26. The third kappa shape index (κ3) is 4.14. The molecule has 150 valence electrons. The lowest BCUT2D eigenvalue weighted by atomic mass is 10.0. The third-order valence-corrected chi connectivity index (χ3v) is 5.04. The zero-order valence-electron chi connectivity index (χ0n) is 15.7. The molecule has 0 radical (unpaired) electrons. The van der Waals surface area contributed by atoms with Crippen molar-refractivity contribution in [1.29, 1.82) is 0 Å². The molecule has 1 fully saturated rings. The summed E-state index contributed by atoms with van der Waals surface area (Å²) in [5.74, 6) is 0.0390. The predicted molar refractivity (Wildman–Crippen MR) is 116 cm³/mol. The van der Waals surface area contributed by atoms with Crippen LogP contribution in [0.25, 0.3) is 22.3 Å². The van der Waals surface area contributed by atoms with E-state index in [1.807, 2.05) is 52.9 Å². The molecule has 0 saturated carbocycles. The second kappa shape index (κ2) is 9.37. The van der Waals surface area contributed by atoms with Crippen LogP contribution in [-0.2, 0) is 6.54 Å². The highest BCUT2D eigenvalue weighted by atomic mass is 35.5. The van der Waals surface area contributed by atoms with Crippen LogP contribution in [0.4, 0.5) is 0 Å². The number of carbonyl (C=O) groups is 1. The Morgan fingerprint density at radius 2 is 1.86 bits per heavy atom. The summed E-state index contributed by atoms with van der Waals surface area (Å²) in [6.45, 7) is 4.14. The van der Waals surface area contributed by atoms with Crippen molar-refractivity contribution < 1.29 is 4.79 Å². The van der Waals surface area contributed by atoms with Gasteiger partial charge < -0.3 is 10.6 Å². The molecule has 6 nitrogen and oxygen atoms in total. The molecule has 8 heteroatoms. The Kier molecular flexibility index (Phi) is 7.41. The van der Waals surface area contributed by atoms with Crippen molar-refractivity contribution in [2.75, 3.05) is 13.1 Å². The van der Waals surface area contributed by atoms with E-state index in [0.29, 0.717) is 25.2 Å². The number of amides is 1. The first-order valence-electron chi connectivity index (χ1n) is 9.14. The highest BCUT2D eigenvalue weighted by molar-refractivity contribution is 6.06. The van der Waals surface area contributed by atoms with Gasteiger partial charge in [-0.2, -0.15) is 5.10 Å². The third-order valence-electron chi connectivity index (χ3n) is 5.04. The summed E-state index contributed by atoms with van der Waals surface area (Å²) in [5.41, 5.74) is 9.20. The summed E-state index contributed by atoms with van der Waals surface area (Å²) >= 11 is 0. The number of carbonyl (C=O) groups excluding carboxylic acids is 1. The number of nitrogens with two attached hydrogens (primary N) is 1. The van der Waals surface area contributed by atoms with E-state index in [-0.39, 0.29) is 36.8 Å². The minimum Gasteiger partial charge on any atom is -0.339 e. The van der Waals surface area contributed by atoms with Crippen molar-refractivity contribution in [3.05, 3.63) is 48.2 Å². The minimum absolute atomic E-state index is 0. The van der Waals surface area contributed by atoms with Gasteiger partial charge in [0.15, 0.2) is 5.65 Å². The molecule has 0 atom stereocenters. The molecule has 4 rings (SSSR count). The summed E-state index contributed by atoms with van der Waals surface area (Å²) in [5, 5.41) is 5.22. The Balaban J connectivity index is 0.00000140. The van der Waals surface area contributed by atoms with E-state index in [9.17, 15) is 4.79 Å². The fourth-order valence-corrected chi connectivity index (χ4v) is 3.49. The van der Waals surface area contributed by atoms with Crippen LogP contribution in [0, 0.1) is 0 Å². The molecule has 0 bridgehead atoms. The maximum atomic E-state index is 13.2. The van der Waals surface area contributed by atoms with Gasteiger partial charge in [-0.15, -0.1) is 24.8 Å². The molecule has 0 aliphatic carbocycles. The monoisotopic (exact) mass is 421 g/mol. The van der Waals surface area contributed by atoms with Gasteiger partial charge in [0.2, 0.25) is 0 Å². The number of benzene rings is 1. The molecule has 0 spiro atoms. The Labute approximate surface area is 176 Å². The Bertz CT molecular complexity index is 936. The second-order valence-electron chi connectivity index (χ2n) is 6.75. The zero-order chi connectivity index (χ0) is 18.1. The molecule has 1 aromatic carbocycles. The predicted octanol–water partition coefficient (Wildman–Crippen LogP) is 3.53. The average Bonchev–Trinajstić information content (AvgIpc) is 3.11. The first kappa shape index (κ1) is 22.1. The molecule has 28 heavy (non-hydrogen) atoms. The molecule has 2 aromatic heterocycles. The quantitative estimate of drug-likeness (QED) is 0.701. The summed E-state index contributed by atoms with van der Waals surface area (Å²) < 4.78 is 1.84. The van der Waals surface area contributed by atoms with Crippen molar-refractivity contribution in [1.82, 2.24) is 19.7 Å². The van der Waals surface area contributed by atoms with Crippen LogP contribution in [0.15, 0.2) is 42.6 Å². The largest absolute Gasteiger partial charge is 0.339 e. The number of hydrogen-bond acceptors (Lipinski definition) is 4. The first-order valence-corrected chi connectivity index (χ1v) is 9.14. The molecular formula is C20H25Cl2N5O. The molecule has 0 unspecified atom stereocenters. The SMILES string of the molecule is CCn1ncc2c(C(=O)N3CCC(N)CC3)cc(-c3ccccc3)nc21.Cl.Cl. The van der Waals surface area contributed by atoms with E-state index in [1.165, 1.54) is 0 Å². The number of rotatable bonds is 3. The number of hydrogen-bond donors (Lipinski definition) is 1. The number of nitrogens with zero attached hydrogens (tertiary/aromatic N) is 4. The number of fused-ring (bicyclic) bond motifs is 1. The molecule has 1 aliphatic rings. The van der Waals surface area contributed by atoms with Crippen molar-refractivity contribution in [2.45, 2.75) is 32.4 Å². The average molecular weight is 422 g/mol. The van der Waals surface area contributed by atoms with Crippen LogP contribution in [-0.4, -0.2) is 44.7 Å². The second-order valence-corrected chi connectivity index (χ2v) is 6.75. The zero-order valence-corrected chi connectivity index (χ0v) is 17.4. The summed E-state index contributed by atoms with van der Waals surface area (Å²) in [6.07, 6.45) is 3.45. The maximum Gasteiger partial charge on any atom is 0.254 e. The van der Waals surface area contributed by atoms with Gasteiger partial charge in [-0.1, -0.05) is 30.3 Å². The number of aryl methyl sites for hydroxylation is 1. The number of pyridine rings is 1. The smallest absolute Gasteiger partial charge is 0.254 e. The molecule has 1 saturated heterocycles. The minimum atomic E-state index is 0. The fraction of sp³-hybridized carbons (Fsp3) is 0.350. The van der Waals surface area contributed by atoms with Gasteiger partial charge in [-0.3, -0.25) is 4.79 Å². The number of piperidine rings is 1. The number of aromatic nitrogens is 3. The van der Waals surface area contributed by atoms with Gasteiger partial charge in [-0.05, 0) is 25.8 Å². The lowest BCUT2D eigenvalue weighted by Crippen LogP contribution is -2.42. The molecule has 3 aromatic rings. The summed E-state index contributed by atoms with van der Waals surface area (Å²) in [4.78, 5) is 19.9. The van der Waals surface area contributed by atoms with Crippen LogP contribution < -0.4 is 5.73 Å². The number of likely N-dealkylation sites (tertiary alicyclic amines) is 1. The van der Waals surface area contributed by atoms with Crippen molar-refractivity contribution in [3.63, 3.8) is 0 Å². The van der Waals surface area contributed by atoms with Crippen LogP contribution >= 0.6 is 24.8 Å². The van der Waals surface area contributed by atoms with Gasteiger partial charge in [0.25, 0.3) is 5.91 Å². The molecule has 1 amide bonds. The van der Waals surface area contributed by atoms with E-state index in [1.54, 1.807) is 6.20 Å². The van der Waals surface area contributed by atoms with Gasteiger partial charge in [0.05, 0.1) is 22.8 Å². The van der Waals surface area contributed by atoms with E-state index >= 15 is 0 Å². The topological polar surface area (TPSA) is 77.0 Å². The Hall–Kier alpha value is -2.15. The van der Waals surface area contributed by atoms with Crippen LogP contribution in [0.2, 0.25) is 0 Å². The van der Waals surface area contributed by atoms with E-state index in [2.05, 4.69) is 5.10 Å². The maximum absolute atomic E-state index is 13.2. The number of halogens is 2. The van der Waals surface area contributed by atoms with Gasteiger partial charge in [0, 0.05) is 31.2 Å². The van der Waals surface area contributed by atoms with Crippen LogP contribution in [0.5, 0.6) is 0 Å². The molecule has 3 heterocycles. The van der Waals surface area contributed by atoms with Crippen molar-refractivity contribution in [2.24, 2.45) is 5.73 Å². The fourth-order valence-electron chi connectivity index (χ4n) is 3.49. The van der Waals surface area contributed by atoms with Crippen molar-refractivity contribution >= 4 is 41.8 Å². The van der Waals surface area contributed by atoms with Gasteiger partial charge in [-0.25, -0.2) is 9.67 Å². The molecular weight excluding hydrogens is 397 g/mol. The van der Waals surface area contributed by atoms with Crippen LogP contribution in [0.1, 0.15) is 30.1 Å². The Morgan fingerprint density at radius 3 is 2.50 bits per heavy atom. The lowest BCUT2D eigenvalue weighted by molar-refractivity contribution is 0.0716. The summed E-state index contributed by atoms with van der Waals surface area (Å²) in [7, 11) is 0.